The van der Waals surface area contributed by atoms with Crippen LogP contribution in [0.5, 0.6) is 0 Å². The van der Waals surface area contributed by atoms with Crippen molar-refractivity contribution in [1.82, 2.24) is 15.1 Å². The zero-order valence-corrected chi connectivity index (χ0v) is 18.8. The van der Waals surface area contributed by atoms with Crippen LogP contribution in [0, 0.1) is 0 Å². The number of thioether (sulfide) groups is 1. The van der Waals surface area contributed by atoms with Crippen molar-refractivity contribution in [3.63, 3.8) is 0 Å². The number of carbonyl (C=O) groups excluding carboxylic acids is 1. The predicted molar refractivity (Wildman–Crippen MR) is 125 cm³/mol. The number of anilines is 2. The van der Waals surface area contributed by atoms with Gasteiger partial charge in [-0.15, -0.1) is 10.2 Å². The standard InChI is InChI=1S/C22H24ClN5O2S/c1-2-27-10-12-28(13-11-27)19-9-4-3-8-18(19)24-20(29)15-31-22-26-25-21(30-22)16-6-5-7-17(23)14-16/h3-9,14H,2,10-13,15H2,1H3,(H,24,29). The first-order valence-electron chi connectivity index (χ1n) is 10.2. The Morgan fingerprint density at radius 1 is 1.13 bits per heavy atom. The molecule has 7 nitrogen and oxygen atoms in total. The number of halogens is 1. The molecule has 9 heteroatoms. The average Bonchev–Trinajstić information content (AvgIpc) is 3.27. The van der Waals surface area contributed by atoms with Crippen molar-refractivity contribution in [3.05, 3.63) is 53.6 Å². The number of aromatic nitrogens is 2. The van der Waals surface area contributed by atoms with Crippen LogP contribution in [0.1, 0.15) is 6.92 Å². The van der Waals surface area contributed by atoms with Crippen LogP contribution < -0.4 is 10.2 Å². The first-order valence-corrected chi connectivity index (χ1v) is 11.6. The van der Waals surface area contributed by atoms with E-state index in [1.165, 1.54) is 11.8 Å². The molecule has 2 aromatic carbocycles. The molecule has 1 N–H and O–H groups in total. The van der Waals surface area contributed by atoms with Gasteiger partial charge in [0.1, 0.15) is 0 Å². The smallest absolute Gasteiger partial charge is 0.277 e. The molecule has 1 aliphatic rings. The molecule has 31 heavy (non-hydrogen) atoms. The number of amides is 1. The van der Waals surface area contributed by atoms with Crippen LogP contribution in [-0.4, -0.2) is 59.5 Å². The second-order valence-corrected chi connectivity index (χ2v) is 8.52. The Bertz CT molecular complexity index is 1040. The van der Waals surface area contributed by atoms with Crippen LogP contribution in [0.4, 0.5) is 11.4 Å². The molecular formula is C22H24ClN5O2S. The second-order valence-electron chi connectivity index (χ2n) is 7.16. The zero-order valence-electron chi connectivity index (χ0n) is 17.3. The third kappa shape index (κ3) is 5.58. The van der Waals surface area contributed by atoms with E-state index in [-0.39, 0.29) is 11.7 Å². The highest BCUT2D eigenvalue weighted by atomic mass is 35.5. The number of nitrogens with one attached hydrogen (secondary N) is 1. The molecule has 0 aliphatic carbocycles. The molecule has 0 atom stereocenters. The molecule has 0 unspecified atom stereocenters. The Hall–Kier alpha value is -2.55. The van der Waals surface area contributed by atoms with Gasteiger partial charge in [0, 0.05) is 36.8 Å². The lowest BCUT2D eigenvalue weighted by atomic mass is 10.2. The first kappa shape index (κ1) is 21.7. The number of carbonyl (C=O) groups is 1. The minimum atomic E-state index is -0.118. The molecule has 0 saturated carbocycles. The van der Waals surface area contributed by atoms with Crippen LogP contribution in [-0.2, 0) is 4.79 Å². The molecule has 1 amide bonds. The Morgan fingerprint density at radius 2 is 1.94 bits per heavy atom. The van der Waals surface area contributed by atoms with E-state index in [0.717, 1.165) is 49.7 Å². The van der Waals surface area contributed by atoms with Gasteiger partial charge in [-0.25, -0.2) is 0 Å². The number of rotatable bonds is 7. The normalized spacial score (nSPS) is 14.6. The van der Waals surface area contributed by atoms with E-state index in [1.54, 1.807) is 12.1 Å². The van der Waals surface area contributed by atoms with Gasteiger partial charge < -0.3 is 19.5 Å². The fraction of sp³-hybridized carbons (Fsp3) is 0.318. The number of hydrogen-bond acceptors (Lipinski definition) is 7. The number of benzene rings is 2. The van der Waals surface area contributed by atoms with E-state index in [2.05, 4.69) is 38.3 Å². The Balaban J connectivity index is 1.35. The van der Waals surface area contributed by atoms with Crippen molar-refractivity contribution in [2.45, 2.75) is 12.1 Å². The van der Waals surface area contributed by atoms with Gasteiger partial charge in [0.05, 0.1) is 17.1 Å². The van der Waals surface area contributed by atoms with Gasteiger partial charge in [-0.3, -0.25) is 4.79 Å². The van der Waals surface area contributed by atoms with Crippen molar-refractivity contribution >= 4 is 40.6 Å². The van der Waals surface area contributed by atoms with Crippen molar-refractivity contribution < 1.29 is 9.21 Å². The minimum Gasteiger partial charge on any atom is -0.411 e. The molecule has 1 saturated heterocycles. The lowest BCUT2D eigenvalue weighted by Crippen LogP contribution is -2.46. The molecule has 1 fully saturated rings. The van der Waals surface area contributed by atoms with Gasteiger partial charge in [-0.2, -0.15) is 0 Å². The molecule has 162 valence electrons. The van der Waals surface area contributed by atoms with Crippen molar-refractivity contribution in [3.8, 4) is 11.5 Å². The summed E-state index contributed by atoms with van der Waals surface area (Å²) in [5, 5.41) is 12.0. The monoisotopic (exact) mass is 457 g/mol. The maximum absolute atomic E-state index is 12.6. The van der Waals surface area contributed by atoms with E-state index in [9.17, 15) is 4.79 Å². The van der Waals surface area contributed by atoms with Gasteiger partial charge in [0.2, 0.25) is 11.8 Å². The van der Waals surface area contributed by atoms with Crippen molar-refractivity contribution in [2.75, 3.05) is 48.7 Å². The summed E-state index contributed by atoms with van der Waals surface area (Å²) in [6, 6.07) is 15.1. The van der Waals surface area contributed by atoms with E-state index in [1.807, 2.05) is 30.3 Å². The minimum absolute atomic E-state index is 0.118. The molecule has 0 radical (unpaired) electrons. The summed E-state index contributed by atoms with van der Waals surface area (Å²) in [6.45, 7) is 7.20. The summed E-state index contributed by atoms with van der Waals surface area (Å²) < 4.78 is 5.65. The molecule has 2 heterocycles. The fourth-order valence-corrected chi connectivity index (χ4v) is 4.23. The molecular weight excluding hydrogens is 434 g/mol. The van der Waals surface area contributed by atoms with E-state index < -0.39 is 0 Å². The molecule has 0 bridgehead atoms. The van der Waals surface area contributed by atoms with Crippen molar-refractivity contribution in [1.29, 1.82) is 0 Å². The largest absolute Gasteiger partial charge is 0.411 e. The van der Waals surface area contributed by atoms with Crippen LogP contribution in [0.2, 0.25) is 5.02 Å². The van der Waals surface area contributed by atoms with Crippen LogP contribution in [0.15, 0.2) is 58.2 Å². The van der Waals surface area contributed by atoms with Gasteiger partial charge >= 0.3 is 0 Å². The van der Waals surface area contributed by atoms with Gasteiger partial charge in [-0.1, -0.05) is 48.5 Å². The third-order valence-electron chi connectivity index (χ3n) is 5.14. The highest BCUT2D eigenvalue weighted by Crippen LogP contribution is 2.28. The molecule has 4 rings (SSSR count). The average molecular weight is 458 g/mol. The predicted octanol–water partition coefficient (Wildman–Crippen LogP) is 4.26. The summed E-state index contributed by atoms with van der Waals surface area (Å²) in [5.74, 6) is 0.434. The third-order valence-corrected chi connectivity index (χ3v) is 6.20. The SMILES string of the molecule is CCN1CCN(c2ccccc2NC(=O)CSc2nnc(-c3cccc(Cl)c3)o2)CC1. The molecule has 1 aromatic heterocycles. The lowest BCUT2D eigenvalue weighted by molar-refractivity contribution is -0.113. The fourth-order valence-electron chi connectivity index (χ4n) is 3.48. The molecule has 1 aliphatic heterocycles. The van der Waals surface area contributed by atoms with E-state index in [4.69, 9.17) is 16.0 Å². The molecule has 0 spiro atoms. The number of nitrogens with zero attached hydrogens (tertiary/aromatic N) is 4. The van der Waals surface area contributed by atoms with Gasteiger partial charge in [0.15, 0.2) is 0 Å². The van der Waals surface area contributed by atoms with E-state index >= 15 is 0 Å². The van der Waals surface area contributed by atoms with Crippen LogP contribution in [0.25, 0.3) is 11.5 Å². The van der Waals surface area contributed by atoms with Gasteiger partial charge in [0.25, 0.3) is 5.22 Å². The number of piperazine rings is 1. The van der Waals surface area contributed by atoms with Crippen molar-refractivity contribution in [2.24, 2.45) is 0 Å². The highest BCUT2D eigenvalue weighted by Gasteiger charge is 2.19. The summed E-state index contributed by atoms with van der Waals surface area (Å²) >= 11 is 7.22. The summed E-state index contributed by atoms with van der Waals surface area (Å²) in [5.41, 5.74) is 2.62. The Morgan fingerprint density at radius 3 is 2.71 bits per heavy atom. The van der Waals surface area contributed by atoms with Crippen LogP contribution >= 0.6 is 23.4 Å². The molecule has 3 aromatic rings. The second kappa shape index (κ2) is 10.2. The quantitative estimate of drug-likeness (QED) is 0.531. The van der Waals surface area contributed by atoms with Gasteiger partial charge in [-0.05, 0) is 36.9 Å². The summed E-state index contributed by atoms with van der Waals surface area (Å²) in [7, 11) is 0. The number of likely N-dealkylation sites (N-methyl/N-ethyl adjacent to an activating group) is 1. The maximum Gasteiger partial charge on any atom is 0.277 e. The van der Waals surface area contributed by atoms with Crippen LogP contribution in [0.3, 0.4) is 0 Å². The number of para-hydroxylation sites is 2. The highest BCUT2D eigenvalue weighted by molar-refractivity contribution is 7.99. The first-order chi connectivity index (χ1) is 15.1. The zero-order chi connectivity index (χ0) is 21.6. The lowest BCUT2D eigenvalue weighted by Gasteiger charge is -2.36. The Kier molecular flexibility index (Phi) is 7.11. The number of hydrogen-bond donors (Lipinski definition) is 1. The maximum atomic E-state index is 12.6. The summed E-state index contributed by atoms with van der Waals surface area (Å²) in [4.78, 5) is 17.3. The topological polar surface area (TPSA) is 74.5 Å². The Labute approximate surface area is 190 Å². The van der Waals surface area contributed by atoms with E-state index in [0.29, 0.717) is 16.1 Å². The summed E-state index contributed by atoms with van der Waals surface area (Å²) in [6.07, 6.45) is 0.